The van der Waals surface area contributed by atoms with Gasteiger partial charge < -0.3 is 5.11 Å². The van der Waals surface area contributed by atoms with Crippen LogP contribution in [-0.2, 0) is 0 Å². The Balaban J connectivity index is 2.91. The predicted molar refractivity (Wildman–Crippen MR) is 49.5 cm³/mol. The normalized spacial score (nSPS) is 11.8. The van der Waals surface area contributed by atoms with Crippen molar-refractivity contribution < 1.29 is 18.3 Å². The molecule has 0 aliphatic carbocycles. The lowest BCUT2D eigenvalue weighted by Crippen LogP contribution is -1.96. The smallest absolute Gasteiger partial charge is 0.194 e. The number of halogens is 3. The quantitative estimate of drug-likeness (QED) is 0.561. The molecule has 1 nitrogen and oxygen atoms in total. The van der Waals surface area contributed by atoms with E-state index >= 15 is 0 Å². The van der Waals surface area contributed by atoms with Crippen molar-refractivity contribution in [2.45, 2.75) is 19.4 Å². The Kier molecular flexibility index (Phi) is 3.75. The molecular formula is C11H9F3O. The van der Waals surface area contributed by atoms with E-state index < -0.39 is 23.6 Å². The number of hydrogen-bond acceptors (Lipinski definition) is 1. The number of aliphatic hydroxyl groups excluding tert-OH is 1. The third-order valence-corrected chi connectivity index (χ3v) is 1.61. The van der Waals surface area contributed by atoms with Crippen molar-refractivity contribution in [2.75, 3.05) is 0 Å². The van der Waals surface area contributed by atoms with Crippen molar-refractivity contribution in [2.24, 2.45) is 0 Å². The first kappa shape index (κ1) is 11.6. The van der Waals surface area contributed by atoms with E-state index in [4.69, 9.17) is 5.11 Å². The number of rotatable bonds is 1. The lowest BCUT2D eigenvalue weighted by atomic mass is 10.2. The second kappa shape index (κ2) is 4.85. The van der Waals surface area contributed by atoms with E-state index in [9.17, 15) is 13.2 Å². The van der Waals surface area contributed by atoms with Gasteiger partial charge in [-0.1, -0.05) is 11.8 Å². The van der Waals surface area contributed by atoms with Gasteiger partial charge >= 0.3 is 0 Å². The van der Waals surface area contributed by atoms with Crippen molar-refractivity contribution in [3.63, 3.8) is 0 Å². The molecule has 0 bridgehead atoms. The van der Waals surface area contributed by atoms with E-state index in [0.717, 1.165) is 12.1 Å². The van der Waals surface area contributed by atoms with Crippen LogP contribution in [0.4, 0.5) is 13.2 Å². The highest BCUT2D eigenvalue weighted by molar-refractivity contribution is 5.35. The van der Waals surface area contributed by atoms with Gasteiger partial charge in [0, 0.05) is 12.0 Å². The van der Waals surface area contributed by atoms with Gasteiger partial charge in [0.2, 0.25) is 0 Å². The summed E-state index contributed by atoms with van der Waals surface area (Å²) in [5, 5.41) is 8.87. The SMILES string of the molecule is CC(O)CC#Cc1cc(F)c(F)c(F)c1. The van der Waals surface area contributed by atoms with Gasteiger partial charge in [-0.2, -0.15) is 0 Å². The zero-order chi connectivity index (χ0) is 11.4. The van der Waals surface area contributed by atoms with Gasteiger partial charge in [0.1, 0.15) is 0 Å². The zero-order valence-electron chi connectivity index (χ0n) is 8.02. The lowest BCUT2D eigenvalue weighted by molar-refractivity contribution is 0.201. The fraction of sp³-hybridized carbons (Fsp3) is 0.273. The molecule has 0 saturated heterocycles. The summed E-state index contributed by atoms with van der Waals surface area (Å²) < 4.78 is 37.9. The number of aliphatic hydroxyl groups is 1. The highest BCUT2D eigenvalue weighted by atomic mass is 19.2. The standard InChI is InChI=1S/C11H9F3O/c1-7(15)3-2-4-8-5-9(12)11(14)10(13)6-8/h5-7,15H,3H2,1H3. The highest BCUT2D eigenvalue weighted by Gasteiger charge is 2.08. The topological polar surface area (TPSA) is 20.2 Å². The summed E-state index contributed by atoms with van der Waals surface area (Å²) in [5.41, 5.74) is 0.0482. The maximum absolute atomic E-state index is 12.7. The summed E-state index contributed by atoms with van der Waals surface area (Å²) in [7, 11) is 0. The van der Waals surface area contributed by atoms with Crippen molar-refractivity contribution in [3.8, 4) is 11.8 Å². The van der Waals surface area contributed by atoms with Gasteiger partial charge in [-0.15, -0.1) is 0 Å². The highest BCUT2D eigenvalue weighted by Crippen LogP contribution is 2.12. The van der Waals surface area contributed by atoms with Gasteiger partial charge in [-0.3, -0.25) is 0 Å². The van der Waals surface area contributed by atoms with Crippen LogP contribution in [0, 0.1) is 29.3 Å². The van der Waals surface area contributed by atoms with Gasteiger partial charge in [-0.05, 0) is 19.1 Å². The molecule has 0 heterocycles. The van der Waals surface area contributed by atoms with Gasteiger partial charge in [-0.25, -0.2) is 13.2 Å². The fourth-order valence-electron chi connectivity index (χ4n) is 0.928. The van der Waals surface area contributed by atoms with Gasteiger partial charge in [0.15, 0.2) is 17.5 Å². The Morgan fingerprint density at radius 1 is 1.27 bits per heavy atom. The van der Waals surface area contributed by atoms with E-state index in [1.807, 2.05) is 0 Å². The van der Waals surface area contributed by atoms with Crippen LogP contribution in [0.3, 0.4) is 0 Å². The minimum absolute atomic E-state index is 0.0482. The zero-order valence-corrected chi connectivity index (χ0v) is 8.02. The molecular weight excluding hydrogens is 205 g/mol. The molecule has 1 aromatic carbocycles. The first-order chi connectivity index (χ1) is 7.00. The molecule has 0 fully saturated rings. The van der Waals surface area contributed by atoms with Gasteiger partial charge in [0.25, 0.3) is 0 Å². The van der Waals surface area contributed by atoms with E-state index in [2.05, 4.69) is 11.8 Å². The average molecular weight is 214 g/mol. The van der Waals surface area contributed by atoms with E-state index in [1.54, 1.807) is 6.92 Å². The first-order valence-corrected chi connectivity index (χ1v) is 4.32. The molecule has 0 aliphatic rings. The summed E-state index contributed by atoms with van der Waals surface area (Å²) in [6, 6.07) is 1.63. The van der Waals surface area contributed by atoms with Crippen LogP contribution in [0.25, 0.3) is 0 Å². The Morgan fingerprint density at radius 3 is 2.27 bits per heavy atom. The molecule has 0 aliphatic heterocycles. The van der Waals surface area contributed by atoms with Crippen LogP contribution in [0.2, 0.25) is 0 Å². The minimum Gasteiger partial charge on any atom is -0.392 e. The molecule has 1 rings (SSSR count). The lowest BCUT2D eigenvalue weighted by Gasteiger charge is -1.96. The van der Waals surface area contributed by atoms with Crippen LogP contribution >= 0.6 is 0 Å². The maximum Gasteiger partial charge on any atom is 0.194 e. The van der Waals surface area contributed by atoms with Crippen molar-refractivity contribution >= 4 is 0 Å². The fourth-order valence-corrected chi connectivity index (χ4v) is 0.928. The van der Waals surface area contributed by atoms with Crippen molar-refractivity contribution in [1.82, 2.24) is 0 Å². The summed E-state index contributed by atoms with van der Waals surface area (Å²) >= 11 is 0. The minimum atomic E-state index is -1.50. The molecule has 15 heavy (non-hydrogen) atoms. The predicted octanol–water partition coefficient (Wildman–Crippen LogP) is 2.23. The number of hydrogen-bond donors (Lipinski definition) is 1. The molecule has 0 aromatic heterocycles. The molecule has 0 spiro atoms. The van der Waals surface area contributed by atoms with Crippen molar-refractivity contribution in [3.05, 3.63) is 35.1 Å². The van der Waals surface area contributed by atoms with Crippen molar-refractivity contribution in [1.29, 1.82) is 0 Å². The average Bonchev–Trinajstić information content (AvgIpc) is 2.13. The van der Waals surface area contributed by atoms with Crippen LogP contribution in [0.1, 0.15) is 18.9 Å². The molecule has 80 valence electrons. The van der Waals surface area contributed by atoms with Gasteiger partial charge in [0.05, 0.1) is 6.10 Å². The Hall–Kier alpha value is -1.47. The maximum atomic E-state index is 12.7. The molecule has 0 amide bonds. The van der Waals surface area contributed by atoms with E-state index in [0.29, 0.717) is 0 Å². The molecule has 1 unspecified atom stereocenters. The second-order valence-electron chi connectivity index (χ2n) is 3.11. The molecule has 1 N–H and O–H groups in total. The molecule has 0 saturated carbocycles. The molecule has 0 radical (unpaired) electrons. The van der Waals surface area contributed by atoms with E-state index in [-0.39, 0.29) is 12.0 Å². The monoisotopic (exact) mass is 214 g/mol. The summed E-state index contributed by atoms with van der Waals surface area (Å²) in [4.78, 5) is 0. The third kappa shape index (κ3) is 3.30. The van der Waals surface area contributed by atoms with Crippen LogP contribution in [0.15, 0.2) is 12.1 Å². The molecule has 1 aromatic rings. The first-order valence-electron chi connectivity index (χ1n) is 4.32. The number of benzene rings is 1. The van der Waals surface area contributed by atoms with E-state index in [1.165, 1.54) is 0 Å². The summed E-state index contributed by atoms with van der Waals surface area (Å²) in [6.07, 6.45) is -0.409. The second-order valence-corrected chi connectivity index (χ2v) is 3.11. The van der Waals surface area contributed by atoms with Crippen LogP contribution in [0.5, 0.6) is 0 Å². The third-order valence-electron chi connectivity index (χ3n) is 1.61. The Labute approximate surface area is 85.5 Å². The Bertz CT molecular complexity index is 393. The molecule has 4 heteroatoms. The molecule has 1 atom stereocenters. The largest absolute Gasteiger partial charge is 0.392 e. The van der Waals surface area contributed by atoms with Crippen LogP contribution < -0.4 is 0 Å². The summed E-state index contributed by atoms with van der Waals surface area (Å²) in [5.74, 6) is 0.909. The van der Waals surface area contributed by atoms with Crippen LogP contribution in [-0.4, -0.2) is 11.2 Å². The Morgan fingerprint density at radius 2 is 1.80 bits per heavy atom. The summed E-state index contributed by atoms with van der Waals surface area (Å²) in [6.45, 7) is 1.54.